The second-order valence-corrected chi connectivity index (χ2v) is 5.47. The molecule has 0 amide bonds. The molecule has 1 heterocycles. The van der Waals surface area contributed by atoms with Gasteiger partial charge in [0, 0.05) is 24.2 Å². The zero-order valence-corrected chi connectivity index (χ0v) is 13.8. The van der Waals surface area contributed by atoms with E-state index in [1.165, 1.54) is 11.1 Å². The van der Waals surface area contributed by atoms with Crippen molar-refractivity contribution in [2.24, 2.45) is 4.99 Å². The van der Waals surface area contributed by atoms with Crippen molar-refractivity contribution in [1.29, 1.82) is 0 Å². The lowest BCUT2D eigenvalue weighted by atomic mass is 9.93. The molecule has 0 N–H and O–H groups in total. The molecule has 120 valence electrons. The Morgan fingerprint density at radius 1 is 0.957 bits per heavy atom. The van der Waals surface area contributed by atoms with Crippen LogP contribution in [0, 0.1) is 0 Å². The van der Waals surface area contributed by atoms with Crippen molar-refractivity contribution >= 4 is 5.71 Å². The first-order chi connectivity index (χ1) is 11.2. The van der Waals surface area contributed by atoms with E-state index in [-0.39, 0.29) is 0 Å². The van der Waals surface area contributed by atoms with Crippen LogP contribution in [0.1, 0.15) is 16.7 Å². The Hall–Kier alpha value is -2.49. The van der Waals surface area contributed by atoms with Gasteiger partial charge in [-0.2, -0.15) is 0 Å². The summed E-state index contributed by atoms with van der Waals surface area (Å²) < 4.78 is 16.1. The predicted molar refractivity (Wildman–Crippen MR) is 91.4 cm³/mol. The molecule has 0 atom stereocenters. The topological polar surface area (TPSA) is 40.0 Å². The highest BCUT2D eigenvalue weighted by molar-refractivity contribution is 6.04. The molecule has 0 aliphatic carbocycles. The van der Waals surface area contributed by atoms with Crippen LogP contribution >= 0.6 is 0 Å². The Balaban J connectivity index is 1.95. The van der Waals surface area contributed by atoms with Gasteiger partial charge in [-0.15, -0.1) is 0 Å². The zero-order chi connectivity index (χ0) is 16.2. The molecule has 0 saturated carbocycles. The van der Waals surface area contributed by atoms with E-state index < -0.39 is 0 Å². The van der Waals surface area contributed by atoms with Crippen molar-refractivity contribution in [2.45, 2.75) is 12.8 Å². The van der Waals surface area contributed by atoms with E-state index in [1.807, 2.05) is 18.2 Å². The van der Waals surface area contributed by atoms with Crippen molar-refractivity contribution in [1.82, 2.24) is 0 Å². The molecule has 2 aromatic carbocycles. The van der Waals surface area contributed by atoms with Gasteiger partial charge < -0.3 is 14.2 Å². The summed E-state index contributed by atoms with van der Waals surface area (Å²) in [5, 5.41) is 0. The van der Waals surface area contributed by atoms with E-state index >= 15 is 0 Å². The summed E-state index contributed by atoms with van der Waals surface area (Å²) in [5.74, 6) is 2.38. The summed E-state index contributed by atoms with van der Waals surface area (Å²) in [4.78, 5) is 4.73. The Kier molecular flexibility index (Phi) is 4.51. The number of nitrogens with zero attached hydrogens (tertiary/aromatic N) is 1. The molecular formula is C19H21NO3. The van der Waals surface area contributed by atoms with Crippen LogP contribution in [0.5, 0.6) is 17.2 Å². The fourth-order valence-electron chi connectivity index (χ4n) is 2.92. The van der Waals surface area contributed by atoms with Crippen molar-refractivity contribution in [3.63, 3.8) is 0 Å². The highest BCUT2D eigenvalue weighted by atomic mass is 16.5. The van der Waals surface area contributed by atoms with Gasteiger partial charge in [0.15, 0.2) is 11.5 Å². The van der Waals surface area contributed by atoms with Gasteiger partial charge in [0.05, 0.1) is 21.3 Å². The van der Waals surface area contributed by atoms with E-state index in [4.69, 9.17) is 19.2 Å². The lowest BCUT2D eigenvalue weighted by Gasteiger charge is -2.20. The van der Waals surface area contributed by atoms with E-state index in [2.05, 4.69) is 18.2 Å². The number of rotatable bonds is 5. The first kappa shape index (κ1) is 15.4. The maximum atomic E-state index is 5.44. The van der Waals surface area contributed by atoms with Crippen LogP contribution in [0.3, 0.4) is 0 Å². The summed E-state index contributed by atoms with van der Waals surface area (Å²) in [6, 6.07) is 12.2. The van der Waals surface area contributed by atoms with Crippen LogP contribution in [0.4, 0.5) is 0 Å². The normalized spacial score (nSPS) is 13.1. The molecule has 1 aliphatic rings. The Labute approximate surface area is 136 Å². The summed E-state index contributed by atoms with van der Waals surface area (Å²) in [6.45, 7) is 0.807. The van der Waals surface area contributed by atoms with Gasteiger partial charge in [-0.25, -0.2) is 0 Å². The fourth-order valence-corrected chi connectivity index (χ4v) is 2.92. The highest BCUT2D eigenvalue weighted by Gasteiger charge is 2.18. The van der Waals surface area contributed by atoms with E-state index in [1.54, 1.807) is 21.3 Å². The van der Waals surface area contributed by atoms with Crippen molar-refractivity contribution in [2.75, 3.05) is 27.9 Å². The quantitative estimate of drug-likeness (QED) is 0.850. The van der Waals surface area contributed by atoms with Crippen LogP contribution in [-0.4, -0.2) is 33.6 Å². The molecule has 4 heteroatoms. The molecule has 3 rings (SSSR count). The third-order valence-electron chi connectivity index (χ3n) is 4.11. The van der Waals surface area contributed by atoms with Crippen molar-refractivity contribution in [3.8, 4) is 17.2 Å². The standard InChI is InChI=1S/C19H21NO3/c1-21-15-6-4-5-13(9-15)10-17-16-12-19(23-3)18(22-2)11-14(16)7-8-20-17/h4-6,9,11-12H,7-8,10H2,1-3H3. The number of fused-ring (bicyclic) bond motifs is 1. The van der Waals surface area contributed by atoms with Gasteiger partial charge in [-0.05, 0) is 41.8 Å². The molecule has 0 aromatic heterocycles. The third kappa shape index (κ3) is 3.16. The zero-order valence-electron chi connectivity index (χ0n) is 13.8. The number of ether oxygens (including phenoxy) is 3. The Morgan fingerprint density at radius 2 is 1.74 bits per heavy atom. The molecule has 0 saturated heterocycles. The van der Waals surface area contributed by atoms with Crippen molar-refractivity contribution < 1.29 is 14.2 Å². The minimum Gasteiger partial charge on any atom is -0.497 e. The van der Waals surface area contributed by atoms with Crippen LogP contribution in [0.15, 0.2) is 41.4 Å². The first-order valence-corrected chi connectivity index (χ1v) is 7.66. The molecule has 2 aromatic rings. The highest BCUT2D eigenvalue weighted by Crippen LogP contribution is 2.33. The molecule has 4 nitrogen and oxygen atoms in total. The van der Waals surface area contributed by atoms with E-state index in [0.717, 1.165) is 47.9 Å². The summed E-state index contributed by atoms with van der Waals surface area (Å²) >= 11 is 0. The van der Waals surface area contributed by atoms with E-state index in [0.29, 0.717) is 0 Å². The summed E-state index contributed by atoms with van der Waals surface area (Å²) in [7, 11) is 5.01. The number of hydrogen-bond acceptors (Lipinski definition) is 4. The fraction of sp³-hybridized carbons (Fsp3) is 0.316. The molecule has 23 heavy (non-hydrogen) atoms. The molecular weight excluding hydrogens is 290 g/mol. The van der Waals surface area contributed by atoms with Crippen LogP contribution in [0.2, 0.25) is 0 Å². The SMILES string of the molecule is COc1cccc(CC2=NCCc3cc(OC)c(OC)cc32)c1. The summed E-state index contributed by atoms with van der Waals surface area (Å²) in [5.41, 5.74) is 4.68. The predicted octanol–water partition coefficient (Wildman–Crippen LogP) is 3.30. The summed E-state index contributed by atoms with van der Waals surface area (Å²) in [6.07, 6.45) is 1.71. The molecule has 0 radical (unpaired) electrons. The number of hydrogen-bond donors (Lipinski definition) is 0. The van der Waals surface area contributed by atoms with Crippen LogP contribution in [0.25, 0.3) is 0 Å². The minimum atomic E-state index is 0.742. The second-order valence-electron chi connectivity index (χ2n) is 5.47. The maximum Gasteiger partial charge on any atom is 0.161 e. The van der Waals surface area contributed by atoms with Gasteiger partial charge in [-0.1, -0.05) is 12.1 Å². The lowest BCUT2D eigenvalue weighted by molar-refractivity contribution is 0.354. The minimum absolute atomic E-state index is 0.742. The lowest BCUT2D eigenvalue weighted by Crippen LogP contribution is -2.16. The Morgan fingerprint density at radius 3 is 2.48 bits per heavy atom. The van der Waals surface area contributed by atoms with Gasteiger partial charge >= 0.3 is 0 Å². The monoisotopic (exact) mass is 311 g/mol. The molecule has 0 unspecified atom stereocenters. The molecule has 0 spiro atoms. The smallest absolute Gasteiger partial charge is 0.161 e. The van der Waals surface area contributed by atoms with Crippen LogP contribution < -0.4 is 14.2 Å². The van der Waals surface area contributed by atoms with Gasteiger partial charge in [0.2, 0.25) is 0 Å². The van der Waals surface area contributed by atoms with Gasteiger partial charge in [-0.3, -0.25) is 4.99 Å². The van der Waals surface area contributed by atoms with Gasteiger partial charge in [0.25, 0.3) is 0 Å². The molecule has 1 aliphatic heterocycles. The van der Waals surface area contributed by atoms with Gasteiger partial charge in [0.1, 0.15) is 5.75 Å². The molecule has 0 bridgehead atoms. The second kappa shape index (κ2) is 6.73. The average Bonchev–Trinajstić information content (AvgIpc) is 2.61. The number of aliphatic imine (C=N–C) groups is 1. The first-order valence-electron chi connectivity index (χ1n) is 7.66. The number of benzene rings is 2. The Bertz CT molecular complexity index is 737. The average molecular weight is 311 g/mol. The molecule has 0 fully saturated rings. The largest absolute Gasteiger partial charge is 0.497 e. The number of methoxy groups -OCH3 is 3. The van der Waals surface area contributed by atoms with Crippen LogP contribution in [-0.2, 0) is 12.8 Å². The maximum absolute atomic E-state index is 5.44. The van der Waals surface area contributed by atoms with Crippen molar-refractivity contribution in [3.05, 3.63) is 53.1 Å². The third-order valence-corrected chi connectivity index (χ3v) is 4.11. The van der Waals surface area contributed by atoms with E-state index in [9.17, 15) is 0 Å².